The zero-order valence-corrected chi connectivity index (χ0v) is 17.1. The Bertz CT molecular complexity index is 1210. The van der Waals surface area contributed by atoms with Crippen LogP contribution in [0.4, 0.5) is 5.69 Å². The van der Waals surface area contributed by atoms with E-state index in [1.165, 1.54) is 4.90 Å². The van der Waals surface area contributed by atoms with E-state index in [0.717, 1.165) is 40.5 Å². The van der Waals surface area contributed by atoms with Gasteiger partial charge >= 0.3 is 0 Å². The monoisotopic (exact) mass is 407 g/mol. The van der Waals surface area contributed by atoms with Gasteiger partial charge in [0.1, 0.15) is 6.29 Å². The highest BCUT2D eigenvalue weighted by atomic mass is 16.2. The van der Waals surface area contributed by atoms with Gasteiger partial charge in [-0.15, -0.1) is 0 Å². The molecule has 4 heteroatoms. The predicted molar refractivity (Wildman–Crippen MR) is 117 cm³/mol. The van der Waals surface area contributed by atoms with Crippen molar-refractivity contribution in [1.82, 2.24) is 0 Å². The van der Waals surface area contributed by atoms with Crippen molar-refractivity contribution in [3.05, 3.63) is 101 Å². The van der Waals surface area contributed by atoms with Crippen LogP contribution in [0, 0.1) is 11.8 Å². The summed E-state index contributed by atoms with van der Waals surface area (Å²) in [5.41, 5.74) is 4.27. The summed E-state index contributed by atoms with van der Waals surface area (Å²) in [6, 6.07) is 23.2. The van der Waals surface area contributed by atoms with Crippen LogP contribution < -0.4 is 4.90 Å². The molecule has 7 rings (SSSR count). The number of aldehydes is 1. The van der Waals surface area contributed by atoms with E-state index in [1.54, 1.807) is 0 Å². The summed E-state index contributed by atoms with van der Waals surface area (Å²) in [4.78, 5) is 41.8. The molecular weight excluding hydrogens is 386 g/mol. The van der Waals surface area contributed by atoms with Crippen molar-refractivity contribution < 1.29 is 14.4 Å². The summed E-state index contributed by atoms with van der Waals surface area (Å²) in [6.45, 7) is 2.07. The first-order valence-corrected chi connectivity index (χ1v) is 10.8. The third-order valence-corrected chi connectivity index (χ3v) is 7.47. The van der Waals surface area contributed by atoms with Crippen LogP contribution in [0.1, 0.15) is 40.7 Å². The van der Waals surface area contributed by atoms with Crippen LogP contribution in [0.25, 0.3) is 0 Å². The lowest BCUT2D eigenvalue weighted by atomic mass is 9.48. The largest absolute Gasteiger partial charge is 0.302 e. The molecule has 3 aliphatic carbocycles. The van der Waals surface area contributed by atoms with Crippen LogP contribution in [-0.4, -0.2) is 18.1 Å². The number of hydrogen-bond donors (Lipinski definition) is 0. The molecule has 1 heterocycles. The van der Waals surface area contributed by atoms with Gasteiger partial charge in [0.25, 0.3) is 0 Å². The molecule has 2 bridgehead atoms. The zero-order valence-electron chi connectivity index (χ0n) is 17.1. The molecule has 3 aromatic rings. The van der Waals surface area contributed by atoms with E-state index in [4.69, 9.17) is 0 Å². The average molecular weight is 407 g/mol. The summed E-state index contributed by atoms with van der Waals surface area (Å²) < 4.78 is 0. The van der Waals surface area contributed by atoms with E-state index in [0.29, 0.717) is 5.69 Å². The SMILES string of the molecule is CCc1ccc(N2C(=O)[C@@H]3[C@@H](C2=O)C2c4ccccc4C3(C=O)c3ccccc32)cc1. The maximum absolute atomic E-state index is 13.8. The molecular formula is C27H21NO3. The lowest BCUT2D eigenvalue weighted by molar-refractivity contribution is -0.128. The molecule has 1 aliphatic heterocycles. The van der Waals surface area contributed by atoms with Crippen molar-refractivity contribution in [2.45, 2.75) is 24.7 Å². The molecule has 0 unspecified atom stereocenters. The summed E-state index contributed by atoms with van der Waals surface area (Å²) in [5, 5.41) is 0. The molecule has 2 amide bonds. The van der Waals surface area contributed by atoms with Gasteiger partial charge in [-0.05, 0) is 46.4 Å². The lowest BCUT2D eigenvalue weighted by Gasteiger charge is -2.51. The first-order valence-electron chi connectivity index (χ1n) is 10.8. The molecule has 152 valence electrons. The highest BCUT2D eigenvalue weighted by Gasteiger charge is 2.68. The lowest BCUT2D eigenvalue weighted by Crippen LogP contribution is -2.54. The Balaban J connectivity index is 1.60. The molecule has 2 atom stereocenters. The number of aryl methyl sites for hydroxylation is 1. The predicted octanol–water partition coefficient (Wildman–Crippen LogP) is 4.00. The van der Waals surface area contributed by atoms with Gasteiger partial charge in [-0.2, -0.15) is 0 Å². The highest BCUT2D eigenvalue weighted by molar-refractivity contribution is 6.24. The molecule has 3 aromatic carbocycles. The first-order chi connectivity index (χ1) is 15.1. The van der Waals surface area contributed by atoms with E-state index in [1.807, 2.05) is 72.8 Å². The van der Waals surface area contributed by atoms with Crippen molar-refractivity contribution in [1.29, 1.82) is 0 Å². The minimum absolute atomic E-state index is 0.209. The topological polar surface area (TPSA) is 54.5 Å². The fourth-order valence-corrected chi connectivity index (χ4v) is 6.17. The molecule has 1 saturated heterocycles. The van der Waals surface area contributed by atoms with E-state index >= 15 is 0 Å². The summed E-state index contributed by atoms with van der Waals surface area (Å²) >= 11 is 0. The Morgan fingerprint density at radius 2 is 1.42 bits per heavy atom. The number of carbonyl (C=O) groups excluding carboxylic acids is 3. The van der Waals surface area contributed by atoms with Crippen LogP contribution in [-0.2, 0) is 26.2 Å². The third-order valence-electron chi connectivity index (χ3n) is 7.47. The molecule has 0 aromatic heterocycles. The van der Waals surface area contributed by atoms with Gasteiger partial charge in [-0.25, -0.2) is 4.90 Å². The molecule has 4 aliphatic rings. The molecule has 31 heavy (non-hydrogen) atoms. The van der Waals surface area contributed by atoms with Crippen LogP contribution in [0.15, 0.2) is 72.8 Å². The number of benzene rings is 3. The fourth-order valence-electron chi connectivity index (χ4n) is 6.17. The van der Waals surface area contributed by atoms with Gasteiger partial charge in [-0.3, -0.25) is 9.59 Å². The number of carbonyl (C=O) groups is 3. The zero-order chi connectivity index (χ0) is 21.3. The number of imide groups is 1. The molecule has 0 spiro atoms. The first kappa shape index (κ1) is 18.3. The minimum atomic E-state index is -1.14. The van der Waals surface area contributed by atoms with Gasteiger partial charge in [0.2, 0.25) is 11.8 Å². The Hall–Kier alpha value is -3.53. The van der Waals surface area contributed by atoms with Crippen molar-refractivity contribution in [2.75, 3.05) is 4.90 Å². The van der Waals surface area contributed by atoms with Gasteiger partial charge in [-0.1, -0.05) is 67.6 Å². The van der Waals surface area contributed by atoms with Crippen LogP contribution in [0.2, 0.25) is 0 Å². The van der Waals surface area contributed by atoms with Crippen molar-refractivity contribution in [2.24, 2.45) is 11.8 Å². The van der Waals surface area contributed by atoms with Gasteiger partial charge in [0.15, 0.2) is 0 Å². The standard InChI is InChI=1S/C27H21NO3/c1-2-16-11-13-17(14-12-16)28-25(30)23-22-18-7-3-5-9-20(18)27(15-29,24(23)26(28)31)21-10-6-4-8-19(21)22/h3-15,22-24H,2H2,1H3/t22?,23-,24-,27?/m0/s1. The second-order valence-corrected chi connectivity index (χ2v) is 8.67. The molecule has 4 nitrogen and oxygen atoms in total. The Kier molecular flexibility index (Phi) is 3.67. The number of rotatable bonds is 3. The number of nitrogens with zero attached hydrogens (tertiary/aromatic N) is 1. The van der Waals surface area contributed by atoms with Crippen LogP contribution in [0.3, 0.4) is 0 Å². The van der Waals surface area contributed by atoms with E-state index in [-0.39, 0.29) is 17.7 Å². The second kappa shape index (κ2) is 6.24. The van der Waals surface area contributed by atoms with Gasteiger partial charge in [0.05, 0.1) is 22.9 Å². The quantitative estimate of drug-likeness (QED) is 0.487. The van der Waals surface area contributed by atoms with Crippen molar-refractivity contribution >= 4 is 23.8 Å². The van der Waals surface area contributed by atoms with Crippen molar-refractivity contribution in [3.63, 3.8) is 0 Å². The minimum Gasteiger partial charge on any atom is -0.302 e. The maximum Gasteiger partial charge on any atom is 0.239 e. The number of hydrogen-bond acceptors (Lipinski definition) is 3. The van der Waals surface area contributed by atoms with Crippen molar-refractivity contribution in [3.8, 4) is 0 Å². The number of amides is 2. The Morgan fingerprint density at radius 1 is 0.839 bits per heavy atom. The Morgan fingerprint density at radius 3 is 1.97 bits per heavy atom. The fraction of sp³-hybridized carbons (Fsp3) is 0.222. The van der Waals surface area contributed by atoms with Crippen LogP contribution >= 0.6 is 0 Å². The maximum atomic E-state index is 13.8. The molecule has 0 radical (unpaired) electrons. The van der Waals surface area contributed by atoms with E-state index in [9.17, 15) is 14.4 Å². The Labute approximate surface area is 180 Å². The second-order valence-electron chi connectivity index (χ2n) is 8.67. The third kappa shape index (κ3) is 2.07. The average Bonchev–Trinajstić information content (AvgIpc) is 3.10. The summed E-state index contributed by atoms with van der Waals surface area (Å²) in [7, 11) is 0. The number of anilines is 1. The van der Waals surface area contributed by atoms with Crippen LogP contribution in [0.5, 0.6) is 0 Å². The normalized spacial score (nSPS) is 27.6. The van der Waals surface area contributed by atoms with Gasteiger partial charge < -0.3 is 4.79 Å². The molecule has 1 fully saturated rings. The molecule has 0 N–H and O–H groups in total. The summed E-state index contributed by atoms with van der Waals surface area (Å²) in [6.07, 6.45) is 1.79. The smallest absolute Gasteiger partial charge is 0.239 e. The highest BCUT2D eigenvalue weighted by Crippen LogP contribution is 2.63. The van der Waals surface area contributed by atoms with E-state index < -0.39 is 17.3 Å². The van der Waals surface area contributed by atoms with Gasteiger partial charge in [0, 0.05) is 5.92 Å². The molecule has 0 saturated carbocycles. The summed E-state index contributed by atoms with van der Waals surface area (Å²) in [5.74, 6) is -2.01. The van der Waals surface area contributed by atoms with E-state index in [2.05, 4.69) is 6.92 Å².